The molecule has 3 nitrogen and oxygen atoms in total. The number of ether oxygens (including phenoxy) is 1. The molecule has 1 fully saturated rings. The fourth-order valence-corrected chi connectivity index (χ4v) is 2.58. The Morgan fingerprint density at radius 2 is 2.40 bits per heavy atom. The number of thiophene rings is 1. The van der Waals surface area contributed by atoms with Gasteiger partial charge in [-0.05, 0) is 23.9 Å². The van der Waals surface area contributed by atoms with Crippen molar-refractivity contribution in [2.45, 2.75) is 13.5 Å². The first-order valence-electron chi connectivity index (χ1n) is 5.27. The van der Waals surface area contributed by atoms with Gasteiger partial charge in [0.15, 0.2) is 0 Å². The normalized spacial score (nSPS) is 18.8. The van der Waals surface area contributed by atoms with E-state index in [0.29, 0.717) is 6.54 Å². The minimum absolute atomic E-state index is 0.200. The first kappa shape index (κ1) is 11.1. The third-order valence-corrected chi connectivity index (χ3v) is 4.03. The van der Waals surface area contributed by atoms with Crippen LogP contribution in [0.5, 0.6) is 0 Å². The number of aryl methyl sites for hydroxylation is 1. The van der Waals surface area contributed by atoms with Crippen molar-refractivity contribution in [3.05, 3.63) is 21.9 Å². The van der Waals surface area contributed by atoms with Gasteiger partial charge in [-0.2, -0.15) is 0 Å². The zero-order valence-corrected chi connectivity index (χ0v) is 9.90. The van der Waals surface area contributed by atoms with E-state index in [1.807, 2.05) is 11.3 Å². The monoisotopic (exact) mass is 226 g/mol. The molecule has 84 valence electrons. The van der Waals surface area contributed by atoms with Gasteiger partial charge in [0, 0.05) is 29.9 Å². The van der Waals surface area contributed by atoms with Gasteiger partial charge < -0.3 is 15.8 Å². The maximum atomic E-state index is 5.74. The average Bonchev–Trinajstić information content (AvgIpc) is 2.57. The molecule has 1 saturated heterocycles. The molecule has 2 rings (SSSR count). The standard InChI is InChI=1S/C11H18N2OS/c1-9-2-3-15-10(9)4-13-6-11(5-12)7-14-8-11/h2-3,13H,4-8,12H2,1H3. The van der Waals surface area contributed by atoms with Crippen LogP contribution in [-0.2, 0) is 11.3 Å². The maximum Gasteiger partial charge on any atom is 0.0569 e. The lowest BCUT2D eigenvalue weighted by Crippen LogP contribution is -2.54. The van der Waals surface area contributed by atoms with E-state index < -0.39 is 0 Å². The average molecular weight is 226 g/mol. The lowest BCUT2D eigenvalue weighted by atomic mass is 9.86. The van der Waals surface area contributed by atoms with Crippen LogP contribution < -0.4 is 11.1 Å². The van der Waals surface area contributed by atoms with Crippen molar-refractivity contribution < 1.29 is 4.74 Å². The van der Waals surface area contributed by atoms with Crippen LogP contribution in [-0.4, -0.2) is 26.3 Å². The molecule has 0 unspecified atom stereocenters. The van der Waals surface area contributed by atoms with Crippen molar-refractivity contribution in [2.75, 3.05) is 26.3 Å². The molecule has 0 amide bonds. The summed E-state index contributed by atoms with van der Waals surface area (Å²) in [4.78, 5) is 1.42. The lowest BCUT2D eigenvalue weighted by Gasteiger charge is -2.40. The summed E-state index contributed by atoms with van der Waals surface area (Å²) in [5.74, 6) is 0. The van der Waals surface area contributed by atoms with Crippen LogP contribution in [0, 0.1) is 12.3 Å². The Hall–Kier alpha value is -0.420. The summed E-state index contributed by atoms with van der Waals surface area (Å²) in [6, 6.07) is 2.16. The summed E-state index contributed by atoms with van der Waals surface area (Å²) < 4.78 is 5.22. The Bertz CT molecular complexity index is 315. The Balaban J connectivity index is 1.77. The summed E-state index contributed by atoms with van der Waals surface area (Å²) >= 11 is 1.81. The van der Waals surface area contributed by atoms with Gasteiger partial charge in [-0.1, -0.05) is 0 Å². The van der Waals surface area contributed by atoms with E-state index in [0.717, 1.165) is 26.3 Å². The molecule has 1 aromatic rings. The first-order valence-corrected chi connectivity index (χ1v) is 6.15. The van der Waals surface area contributed by atoms with Crippen molar-refractivity contribution in [2.24, 2.45) is 11.1 Å². The van der Waals surface area contributed by atoms with Crippen LogP contribution in [0.4, 0.5) is 0 Å². The Morgan fingerprint density at radius 1 is 1.60 bits per heavy atom. The van der Waals surface area contributed by atoms with Crippen molar-refractivity contribution in [1.82, 2.24) is 5.32 Å². The van der Waals surface area contributed by atoms with E-state index in [-0.39, 0.29) is 5.41 Å². The summed E-state index contributed by atoms with van der Waals surface area (Å²) in [6.45, 7) is 6.38. The molecule has 0 aromatic carbocycles. The van der Waals surface area contributed by atoms with Crippen LogP contribution in [0.3, 0.4) is 0 Å². The van der Waals surface area contributed by atoms with Crippen molar-refractivity contribution in [3.63, 3.8) is 0 Å². The van der Waals surface area contributed by atoms with Gasteiger partial charge in [-0.25, -0.2) is 0 Å². The van der Waals surface area contributed by atoms with Gasteiger partial charge in [0.2, 0.25) is 0 Å². The molecule has 0 radical (unpaired) electrons. The smallest absolute Gasteiger partial charge is 0.0569 e. The molecule has 3 N–H and O–H groups in total. The molecule has 0 aliphatic carbocycles. The van der Waals surface area contributed by atoms with Gasteiger partial charge in [0.25, 0.3) is 0 Å². The van der Waals surface area contributed by atoms with Gasteiger partial charge in [0.05, 0.1) is 13.2 Å². The van der Waals surface area contributed by atoms with Crippen LogP contribution >= 0.6 is 11.3 Å². The van der Waals surface area contributed by atoms with Crippen molar-refractivity contribution >= 4 is 11.3 Å². The van der Waals surface area contributed by atoms with Crippen molar-refractivity contribution in [3.8, 4) is 0 Å². The predicted molar refractivity (Wildman–Crippen MR) is 63.1 cm³/mol. The number of rotatable bonds is 5. The Morgan fingerprint density at radius 3 is 2.87 bits per heavy atom. The van der Waals surface area contributed by atoms with E-state index in [1.165, 1.54) is 10.4 Å². The highest BCUT2D eigenvalue weighted by Crippen LogP contribution is 2.25. The van der Waals surface area contributed by atoms with E-state index >= 15 is 0 Å². The Labute approximate surface area is 94.6 Å². The van der Waals surface area contributed by atoms with Gasteiger partial charge in [0.1, 0.15) is 0 Å². The SMILES string of the molecule is Cc1ccsc1CNCC1(CN)COC1. The molecule has 4 heteroatoms. The number of hydrogen-bond donors (Lipinski definition) is 2. The number of hydrogen-bond acceptors (Lipinski definition) is 4. The third-order valence-electron chi connectivity index (χ3n) is 3.00. The summed E-state index contributed by atoms with van der Waals surface area (Å²) in [5.41, 5.74) is 7.31. The van der Waals surface area contributed by atoms with E-state index in [2.05, 4.69) is 23.7 Å². The number of nitrogens with one attached hydrogen (secondary N) is 1. The molecule has 0 saturated carbocycles. The topological polar surface area (TPSA) is 47.3 Å². The van der Waals surface area contributed by atoms with Crippen LogP contribution in [0.1, 0.15) is 10.4 Å². The summed E-state index contributed by atoms with van der Waals surface area (Å²) in [7, 11) is 0. The molecule has 15 heavy (non-hydrogen) atoms. The van der Waals surface area contributed by atoms with Crippen molar-refractivity contribution in [1.29, 1.82) is 0 Å². The predicted octanol–water partition coefficient (Wildman–Crippen LogP) is 1.12. The van der Waals surface area contributed by atoms with Gasteiger partial charge in [-0.15, -0.1) is 11.3 Å². The van der Waals surface area contributed by atoms with Gasteiger partial charge in [-0.3, -0.25) is 0 Å². The first-order chi connectivity index (χ1) is 7.26. The molecule has 2 heterocycles. The van der Waals surface area contributed by atoms with Crippen LogP contribution in [0.25, 0.3) is 0 Å². The fourth-order valence-electron chi connectivity index (χ4n) is 1.71. The lowest BCUT2D eigenvalue weighted by molar-refractivity contribution is -0.105. The van der Waals surface area contributed by atoms with E-state index in [9.17, 15) is 0 Å². The highest BCUT2D eigenvalue weighted by atomic mass is 32.1. The van der Waals surface area contributed by atoms with Crippen LogP contribution in [0.2, 0.25) is 0 Å². The van der Waals surface area contributed by atoms with Gasteiger partial charge >= 0.3 is 0 Å². The Kier molecular flexibility index (Phi) is 3.41. The van der Waals surface area contributed by atoms with Crippen LogP contribution in [0.15, 0.2) is 11.4 Å². The van der Waals surface area contributed by atoms with E-state index in [4.69, 9.17) is 10.5 Å². The molecule has 0 atom stereocenters. The molecular weight excluding hydrogens is 208 g/mol. The molecule has 1 aliphatic rings. The minimum Gasteiger partial charge on any atom is -0.380 e. The summed E-state index contributed by atoms with van der Waals surface area (Å²) in [6.07, 6.45) is 0. The molecular formula is C11H18N2OS. The quantitative estimate of drug-likeness (QED) is 0.791. The molecule has 1 aliphatic heterocycles. The highest BCUT2D eigenvalue weighted by molar-refractivity contribution is 7.10. The number of nitrogens with two attached hydrogens (primary N) is 1. The minimum atomic E-state index is 0.200. The second-order valence-electron chi connectivity index (χ2n) is 4.33. The molecule has 0 bridgehead atoms. The fraction of sp³-hybridized carbons (Fsp3) is 0.636. The zero-order valence-electron chi connectivity index (χ0n) is 9.08. The maximum absolute atomic E-state index is 5.74. The second kappa shape index (κ2) is 4.61. The van der Waals surface area contributed by atoms with E-state index in [1.54, 1.807) is 0 Å². The summed E-state index contributed by atoms with van der Waals surface area (Å²) in [5, 5.41) is 5.61. The third kappa shape index (κ3) is 2.39. The molecule has 0 spiro atoms. The highest BCUT2D eigenvalue weighted by Gasteiger charge is 2.36. The zero-order chi connectivity index (χ0) is 10.7. The molecule has 1 aromatic heterocycles. The largest absolute Gasteiger partial charge is 0.380 e. The second-order valence-corrected chi connectivity index (χ2v) is 5.33.